The average molecular weight is 281 g/mol. The molecule has 0 saturated carbocycles. The van der Waals surface area contributed by atoms with Gasteiger partial charge in [0.15, 0.2) is 0 Å². The van der Waals surface area contributed by atoms with Gasteiger partial charge in [-0.1, -0.05) is 18.2 Å². The van der Waals surface area contributed by atoms with Gasteiger partial charge in [0.2, 0.25) is 0 Å². The summed E-state index contributed by atoms with van der Waals surface area (Å²) in [6, 6.07) is 13.4. The van der Waals surface area contributed by atoms with Crippen molar-refractivity contribution in [2.75, 3.05) is 5.32 Å². The van der Waals surface area contributed by atoms with Gasteiger partial charge in [0.25, 0.3) is 5.91 Å². The molecule has 104 valence electrons. The second-order valence-corrected chi connectivity index (χ2v) is 4.12. The van der Waals surface area contributed by atoms with E-state index in [-0.39, 0.29) is 17.0 Å². The zero-order valence-electron chi connectivity index (χ0n) is 10.8. The van der Waals surface area contributed by atoms with Gasteiger partial charge in [0.1, 0.15) is 5.75 Å². The maximum Gasteiger partial charge on any atom is 0.326 e. The molecule has 0 bridgehead atoms. The third-order valence-electron chi connectivity index (χ3n) is 2.64. The SMILES string of the molecule is N#Cc1ccc(NC(=O)NC(=O)c2ccccc2)c(O)c1. The summed E-state index contributed by atoms with van der Waals surface area (Å²) < 4.78 is 0. The number of carbonyl (C=O) groups excluding carboxylic acids is 2. The Morgan fingerprint density at radius 2 is 1.81 bits per heavy atom. The number of anilines is 1. The summed E-state index contributed by atoms with van der Waals surface area (Å²) in [5.74, 6) is -0.808. The van der Waals surface area contributed by atoms with E-state index in [9.17, 15) is 14.7 Å². The van der Waals surface area contributed by atoms with Crippen molar-refractivity contribution in [3.8, 4) is 11.8 Å². The molecule has 0 spiro atoms. The quantitative estimate of drug-likeness (QED) is 0.734. The van der Waals surface area contributed by atoms with Crippen molar-refractivity contribution in [2.24, 2.45) is 0 Å². The van der Waals surface area contributed by atoms with E-state index in [1.165, 1.54) is 18.2 Å². The molecule has 21 heavy (non-hydrogen) atoms. The first kappa shape index (κ1) is 14.1. The molecule has 0 unspecified atom stereocenters. The lowest BCUT2D eigenvalue weighted by molar-refractivity contribution is 0.0967. The van der Waals surface area contributed by atoms with Crippen LogP contribution in [-0.2, 0) is 0 Å². The number of nitrogens with zero attached hydrogens (tertiary/aromatic N) is 1. The fraction of sp³-hybridized carbons (Fsp3) is 0. The van der Waals surface area contributed by atoms with Gasteiger partial charge < -0.3 is 10.4 Å². The summed E-state index contributed by atoms with van der Waals surface area (Å²) in [7, 11) is 0. The number of aromatic hydroxyl groups is 1. The minimum atomic E-state index is -0.774. The van der Waals surface area contributed by atoms with E-state index >= 15 is 0 Å². The van der Waals surface area contributed by atoms with Gasteiger partial charge in [-0.05, 0) is 30.3 Å². The number of phenolic OH excluding ortho intramolecular Hbond substituents is 1. The average Bonchev–Trinajstić information content (AvgIpc) is 2.50. The maximum atomic E-state index is 11.8. The second kappa shape index (κ2) is 6.21. The molecular formula is C15H11N3O3. The normalized spacial score (nSPS) is 9.48. The number of phenols is 1. The first-order valence-electron chi connectivity index (χ1n) is 6.00. The Hall–Kier alpha value is -3.33. The van der Waals surface area contributed by atoms with E-state index in [4.69, 9.17) is 5.26 Å². The summed E-state index contributed by atoms with van der Waals surface area (Å²) in [4.78, 5) is 23.4. The molecule has 0 aromatic heterocycles. The lowest BCUT2D eigenvalue weighted by Crippen LogP contribution is -2.34. The number of nitrogens with one attached hydrogen (secondary N) is 2. The standard InChI is InChI=1S/C15H11N3O3/c16-9-10-6-7-12(13(19)8-10)17-15(21)18-14(20)11-4-2-1-3-5-11/h1-8,19H,(H2,17,18,20,21). The highest BCUT2D eigenvalue weighted by molar-refractivity contribution is 6.08. The van der Waals surface area contributed by atoms with Gasteiger partial charge in [0.05, 0.1) is 17.3 Å². The Bertz CT molecular complexity index is 721. The smallest absolute Gasteiger partial charge is 0.326 e. The highest BCUT2D eigenvalue weighted by Crippen LogP contribution is 2.23. The monoisotopic (exact) mass is 281 g/mol. The fourth-order valence-corrected chi connectivity index (χ4v) is 1.63. The number of hydrogen-bond donors (Lipinski definition) is 3. The summed E-state index contributed by atoms with van der Waals surface area (Å²) >= 11 is 0. The van der Waals surface area contributed by atoms with Crippen LogP contribution in [0.1, 0.15) is 15.9 Å². The van der Waals surface area contributed by atoms with Crippen LogP contribution in [0.25, 0.3) is 0 Å². The summed E-state index contributed by atoms with van der Waals surface area (Å²) in [5.41, 5.74) is 0.711. The molecular weight excluding hydrogens is 270 g/mol. The van der Waals surface area contributed by atoms with Crippen LogP contribution in [0.4, 0.5) is 10.5 Å². The molecule has 0 saturated heterocycles. The summed E-state index contributed by atoms with van der Waals surface area (Å²) in [6.07, 6.45) is 0. The second-order valence-electron chi connectivity index (χ2n) is 4.12. The van der Waals surface area contributed by atoms with Crippen LogP contribution >= 0.6 is 0 Å². The van der Waals surface area contributed by atoms with Gasteiger partial charge in [-0.15, -0.1) is 0 Å². The van der Waals surface area contributed by atoms with Crippen LogP contribution < -0.4 is 10.6 Å². The Morgan fingerprint density at radius 1 is 1.10 bits per heavy atom. The first-order chi connectivity index (χ1) is 10.1. The number of rotatable bonds is 2. The summed E-state index contributed by atoms with van der Waals surface area (Å²) in [5, 5.41) is 22.8. The van der Waals surface area contributed by atoms with Crippen LogP contribution in [0, 0.1) is 11.3 Å². The molecule has 0 fully saturated rings. The van der Waals surface area contributed by atoms with Crippen molar-refractivity contribution < 1.29 is 14.7 Å². The van der Waals surface area contributed by atoms with Crippen LogP contribution in [0.2, 0.25) is 0 Å². The number of nitriles is 1. The van der Waals surface area contributed by atoms with Crippen LogP contribution in [-0.4, -0.2) is 17.0 Å². The molecule has 0 aliphatic heterocycles. The molecule has 6 heteroatoms. The van der Waals surface area contributed by atoms with Gasteiger partial charge in [-0.3, -0.25) is 10.1 Å². The third-order valence-corrected chi connectivity index (χ3v) is 2.64. The molecule has 3 N–H and O–H groups in total. The number of imide groups is 1. The number of urea groups is 1. The topological polar surface area (TPSA) is 102 Å². The van der Waals surface area contributed by atoms with Gasteiger partial charge in [0, 0.05) is 5.56 Å². The van der Waals surface area contributed by atoms with Gasteiger partial charge in [-0.2, -0.15) is 5.26 Å². The van der Waals surface area contributed by atoms with Crippen molar-refractivity contribution in [3.05, 3.63) is 59.7 Å². The van der Waals surface area contributed by atoms with Crippen LogP contribution in [0.3, 0.4) is 0 Å². The molecule has 0 radical (unpaired) electrons. The molecule has 2 aromatic carbocycles. The van der Waals surface area contributed by atoms with E-state index in [0.717, 1.165) is 0 Å². The predicted molar refractivity (Wildman–Crippen MR) is 75.7 cm³/mol. The van der Waals surface area contributed by atoms with E-state index in [1.807, 2.05) is 6.07 Å². The van der Waals surface area contributed by atoms with E-state index in [0.29, 0.717) is 5.56 Å². The van der Waals surface area contributed by atoms with E-state index in [2.05, 4.69) is 10.6 Å². The van der Waals surface area contributed by atoms with Crippen LogP contribution in [0.5, 0.6) is 5.75 Å². The van der Waals surface area contributed by atoms with Gasteiger partial charge >= 0.3 is 6.03 Å². The van der Waals surface area contributed by atoms with Crippen molar-refractivity contribution in [1.29, 1.82) is 5.26 Å². The molecule has 0 aliphatic rings. The zero-order chi connectivity index (χ0) is 15.2. The van der Waals surface area contributed by atoms with E-state index < -0.39 is 11.9 Å². The van der Waals surface area contributed by atoms with Crippen molar-refractivity contribution in [1.82, 2.24) is 5.32 Å². The molecule has 2 aromatic rings. The molecule has 2 rings (SSSR count). The fourth-order valence-electron chi connectivity index (χ4n) is 1.63. The zero-order valence-corrected chi connectivity index (χ0v) is 10.8. The number of carbonyl (C=O) groups is 2. The number of benzene rings is 2. The lowest BCUT2D eigenvalue weighted by Gasteiger charge is -2.08. The molecule has 6 nitrogen and oxygen atoms in total. The van der Waals surface area contributed by atoms with Crippen LogP contribution in [0.15, 0.2) is 48.5 Å². The minimum absolute atomic E-state index is 0.104. The summed E-state index contributed by atoms with van der Waals surface area (Å²) in [6.45, 7) is 0. The van der Waals surface area contributed by atoms with E-state index in [1.54, 1.807) is 30.3 Å². The highest BCUT2D eigenvalue weighted by Gasteiger charge is 2.11. The van der Waals surface area contributed by atoms with Gasteiger partial charge in [-0.25, -0.2) is 4.79 Å². The first-order valence-corrected chi connectivity index (χ1v) is 6.00. The molecule has 0 atom stereocenters. The maximum absolute atomic E-state index is 11.8. The third kappa shape index (κ3) is 3.58. The number of amides is 3. The Balaban J connectivity index is 2.03. The Morgan fingerprint density at radius 3 is 2.43 bits per heavy atom. The molecule has 0 aliphatic carbocycles. The molecule has 3 amide bonds. The Labute approximate surface area is 120 Å². The predicted octanol–water partition coefficient (Wildman–Crippen LogP) is 2.23. The minimum Gasteiger partial charge on any atom is -0.506 e. The highest BCUT2D eigenvalue weighted by atomic mass is 16.3. The van der Waals surface area contributed by atoms with Crippen molar-refractivity contribution in [3.63, 3.8) is 0 Å². The van der Waals surface area contributed by atoms with Crippen molar-refractivity contribution >= 4 is 17.6 Å². The lowest BCUT2D eigenvalue weighted by atomic mass is 10.2. The largest absolute Gasteiger partial charge is 0.506 e. The molecule has 0 heterocycles. The van der Waals surface area contributed by atoms with Crippen molar-refractivity contribution in [2.45, 2.75) is 0 Å². The Kier molecular flexibility index (Phi) is 4.17. The number of hydrogen-bond acceptors (Lipinski definition) is 4.